The van der Waals surface area contributed by atoms with Gasteiger partial charge in [0.2, 0.25) is 0 Å². The molecule has 4 nitrogen and oxygen atoms in total. The fraction of sp³-hybridized carbons (Fsp3) is 0.333. The Morgan fingerprint density at radius 3 is 2.39 bits per heavy atom. The predicted molar refractivity (Wildman–Crippen MR) is 94.2 cm³/mol. The molecule has 0 saturated carbocycles. The molecule has 0 amide bonds. The highest BCUT2D eigenvalue weighted by Crippen LogP contribution is 2.31. The van der Waals surface area contributed by atoms with Crippen LogP contribution in [0.5, 0.6) is 11.5 Å². The number of nitrogens with two attached hydrogens (primary N) is 1. The van der Waals surface area contributed by atoms with Gasteiger partial charge in [0.25, 0.3) is 0 Å². The molecule has 5 heteroatoms. The second-order valence-electron chi connectivity index (χ2n) is 5.19. The Labute approximate surface area is 143 Å². The van der Waals surface area contributed by atoms with Gasteiger partial charge in [0.05, 0.1) is 19.3 Å². The number of methoxy groups -OCH3 is 1. The van der Waals surface area contributed by atoms with Crippen LogP contribution in [-0.2, 0) is 6.61 Å². The molecule has 0 aliphatic carbocycles. The van der Waals surface area contributed by atoms with Crippen LogP contribution in [0, 0.1) is 0 Å². The molecule has 0 fully saturated rings. The first kappa shape index (κ1) is 19.3. The fourth-order valence-electron chi connectivity index (χ4n) is 2.22. The number of hydrogen-bond donors (Lipinski definition) is 2. The highest BCUT2D eigenvalue weighted by atomic mass is 35.5. The van der Waals surface area contributed by atoms with Crippen LogP contribution < -0.4 is 15.2 Å². The molecule has 0 aliphatic heterocycles. The third-order valence-electron chi connectivity index (χ3n) is 3.64. The molecular weight excluding hydrogens is 314 g/mol. The number of hydrogen-bond acceptors (Lipinski definition) is 4. The molecule has 2 rings (SSSR count). The average molecular weight is 338 g/mol. The van der Waals surface area contributed by atoms with E-state index < -0.39 is 12.1 Å². The van der Waals surface area contributed by atoms with Crippen molar-refractivity contribution in [2.75, 3.05) is 7.11 Å². The van der Waals surface area contributed by atoms with Gasteiger partial charge in [-0.25, -0.2) is 0 Å². The molecule has 0 spiro atoms. The summed E-state index contributed by atoms with van der Waals surface area (Å²) in [5.41, 5.74) is 7.98. The summed E-state index contributed by atoms with van der Waals surface area (Å²) in [6.45, 7) is 2.35. The van der Waals surface area contributed by atoms with E-state index in [4.69, 9.17) is 15.2 Å². The summed E-state index contributed by atoms with van der Waals surface area (Å²) in [6, 6.07) is 15.0. The lowest BCUT2D eigenvalue weighted by Crippen LogP contribution is -2.25. The Hall–Kier alpha value is -1.75. The van der Waals surface area contributed by atoms with E-state index in [1.165, 1.54) is 0 Å². The summed E-state index contributed by atoms with van der Waals surface area (Å²) in [5, 5.41) is 9.91. The maximum Gasteiger partial charge on any atom is 0.161 e. The van der Waals surface area contributed by atoms with E-state index in [0.29, 0.717) is 24.5 Å². The van der Waals surface area contributed by atoms with Crippen molar-refractivity contribution in [1.29, 1.82) is 0 Å². The highest BCUT2D eigenvalue weighted by Gasteiger charge is 2.17. The first-order valence-electron chi connectivity index (χ1n) is 7.44. The third kappa shape index (κ3) is 5.13. The second-order valence-corrected chi connectivity index (χ2v) is 5.19. The number of aliphatic hydroxyl groups is 1. The normalized spacial score (nSPS) is 12.9. The lowest BCUT2D eigenvalue weighted by atomic mass is 10.0. The number of aliphatic hydroxyl groups excluding tert-OH is 1. The van der Waals surface area contributed by atoms with Crippen molar-refractivity contribution in [2.24, 2.45) is 5.73 Å². The van der Waals surface area contributed by atoms with Crippen molar-refractivity contribution < 1.29 is 14.6 Å². The molecular formula is C18H24ClNO3. The number of benzene rings is 2. The standard InChI is InChI=1S/C18H23NO3.ClH/c1-3-15(20)18(19)14-9-10-16(21-2)17(11-14)22-12-13-7-5-4-6-8-13;/h4-11,15,18,20H,3,12,19H2,1-2H3;1H/t15-,18+;/m0./s1. The minimum Gasteiger partial charge on any atom is -0.493 e. The van der Waals surface area contributed by atoms with Gasteiger partial charge in [0.15, 0.2) is 11.5 Å². The summed E-state index contributed by atoms with van der Waals surface area (Å²) in [7, 11) is 1.60. The largest absolute Gasteiger partial charge is 0.493 e. The van der Waals surface area contributed by atoms with Crippen molar-refractivity contribution in [3.05, 3.63) is 59.7 Å². The molecule has 2 aromatic carbocycles. The van der Waals surface area contributed by atoms with Crippen LogP contribution >= 0.6 is 12.4 Å². The van der Waals surface area contributed by atoms with Crippen LogP contribution in [0.1, 0.15) is 30.5 Å². The van der Waals surface area contributed by atoms with E-state index in [9.17, 15) is 5.11 Å². The maximum absolute atomic E-state index is 9.91. The lowest BCUT2D eigenvalue weighted by molar-refractivity contribution is 0.140. The van der Waals surface area contributed by atoms with E-state index in [0.717, 1.165) is 11.1 Å². The van der Waals surface area contributed by atoms with Gasteiger partial charge < -0.3 is 20.3 Å². The van der Waals surface area contributed by atoms with Crippen molar-refractivity contribution in [2.45, 2.75) is 32.1 Å². The van der Waals surface area contributed by atoms with Crippen LogP contribution in [0.25, 0.3) is 0 Å². The minimum absolute atomic E-state index is 0. The summed E-state index contributed by atoms with van der Waals surface area (Å²) in [6.07, 6.45) is 0.0308. The molecule has 23 heavy (non-hydrogen) atoms. The Morgan fingerprint density at radius 2 is 1.78 bits per heavy atom. The quantitative estimate of drug-likeness (QED) is 0.812. The van der Waals surface area contributed by atoms with E-state index in [2.05, 4.69) is 0 Å². The summed E-state index contributed by atoms with van der Waals surface area (Å²) in [5.74, 6) is 1.28. The zero-order valence-electron chi connectivity index (χ0n) is 13.4. The molecule has 2 aromatic rings. The first-order valence-corrected chi connectivity index (χ1v) is 7.44. The molecule has 2 atom stereocenters. The molecule has 0 heterocycles. The molecule has 0 radical (unpaired) electrons. The summed E-state index contributed by atoms with van der Waals surface area (Å²) < 4.78 is 11.2. The molecule has 0 saturated heterocycles. The summed E-state index contributed by atoms with van der Waals surface area (Å²) in [4.78, 5) is 0. The average Bonchev–Trinajstić information content (AvgIpc) is 2.59. The smallest absolute Gasteiger partial charge is 0.161 e. The SMILES string of the molecule is CC[C@H](O)[C@H](N)c1ccc(OC)c(OCc2ccccc2)c1.Cl. The van der Waals surface area contributed by atoms with Gasteiger partial charge in [0.1, 0.15) is 6.61 Å². The molecule has 0 unspecified atom stereocenters. The maximum atomic E-state index is 9.91. The minimum atomic E-state index is -0.574. The van der Waals surface area contributed by atoms with Crippen LogP contribution in [0.4, 0.5) is 0 Å². The van der Waals surface area contributed by atoms with Crippen molar-refractivity contribution >= 4 is 12.4 Å². The van der Waals surface area contributed by atoms with Crippen LogP contribution in [0.15, 0.2) is 48.5 Å². The predicted octanol–water partition coefficient (Wildman–Crippen LogP) is 3.47. The second kappa shape index (κ2) is 9.40. The van der Waals surface area contributed by atoms with Gasteiger partial charge in [-0.3, -0.25) is 0 Å². The Morgan fingerprint density at radius 1 is 1.09 bits per heavy atom. The molecule has 0 aliphatic rings. The van der Waals surface area contributed by atoms with E-state index in [1.54, 1.807) is 7.11 Å². The third-order valence-corrected chi connectivity index (χ3v) is 3.64. The Bertz CT molecular complexity index is 592. The van der Waals surface area contributed by atoms with Gasteiger partial charge in [0, 0.05) is 0 Å². The fourth-order valence-corrected chi connectivity index (χ4v) is 2.22. The van der Waals surface area contributed by atoms with E-state index >= 15 is 0 Å². The zero-order valence-corrected chi connectivity index (χ0v) is 14.3. The topological polar surface area (TPSA) is 64.7 Å². The van der Waals surface area contributed by atoms with Crippen LogP contribution in [0.3, 0.4) is 0 Å². The Balaban J connectivity index is 0.00000264. The number of ether oxygens (including phenoxy) is 2. The summed E-state index contributed by atoms with van der Waals surface area (Å²) >= 11 is 0. The van der Waals surface area contributed by atoms with Gasteiger partial charge in [-0.05, 0) is 29.7 Å². The number of halogens is 1. The Kier molecular flexibility index (Phi) is 7.89. The molecule has 0 bridgehead atoms. The van der Waals surface area contributed by atoms with Crippen molar-refractivity contribution in [3.8, 4) is 11.5 Å². The molecule has 126 valence electrons. The lowest BCUT2D eigenvalue weighted by Gasteiger charge is -2.19. The van der Waals surface area contributed by atoms with Crippen molar-refractivity contribution in [1.82, 2.24) is 0 Å². The van der Waals surface area contributed by atoms with Crippen LogP contribution in [-0.4, -0.2) is 18.3 Å². The van der Waals surface area contributed by atoms with Crippen molar-refractivity contribution in [3.63, 3.8) is 0 Å². The van der Waals surface area contributed by atoms with E-state index in [-0.39, 0.29) is 12.4 Å². The molecule has 3 N–H and O–H groups in total. The molecule has 0 aromatic heterocycles. The van der Waals surface area contributed by atoms with Crippen LogP contribution in [0.2, 0.25) is 0 Å². The zero-order chi connectivity index (χ0) is 15.9. The van der Waals surface area contributed by atoms with Gasteiger partial charge >= 0.3 is 0 Å². The van der Waals surface area contributed by atoms with Gasteiger partial charge in [-0.1, -0.05) is 43.3 Å². The monoisotopic (exact) mass is 337 g/mol. The first-order chi connectivity index (χ1) is 10.7. The van der Waals surface area contributed by atoms with E-state index in [1.807, 2.05) is 55.5 Å². The van der Waals surface area contributed by atoms with Gasteiger partial charge in [-0.2, -0.15) is 0 Å². The number of rotatable bonds is 7. The highest BCUT2D eigenvalue weighted by molar-refractivity contribution is 5.85. The van der Waals surface area contributed by atoms with Gasteiger partial charge in [-0.15, -0.1) is 12.4 Å².